The maximum atomic E-state index is 12.4. The highest BCUT2D eigenvalue weighted by molar-refractivity contribution is 5.92. The smallest absolute Gasteiger partial charge is 0.387 e. The van der Waals surface area contributed by atoms with Crippen LogP contribution in [0.5, 0.6) is 5.75 Å². The minimum Gasteiger partial charge on any atom is -0.513 e. The summed E-state index contributed by atoms with van der Waals surface area (Å²) in [5.74, 6) is -0.103. The molecule has 0 bridgehead atoms. The van der Waals surface area contributed by atoms with Gasteiger partial charge in [-0.1, -0.05) is 25.6 Å². The lowest BCUT2D eigenvalue weighted by Gasteiger charge is -2.12. The number of rotatable bonds is 10. The minimum atomic E-state index is -2.87. The third-order valence-electron chi connectivity index (χ3n) is 4.71. The Morgan fingerprint density at radius 3 is 2.32 bits per heavy atom. The molecule has 0 aromatic heterocycles. The second kappa shape index (κ2) is 14.7. The van der Waals surface area contributed by atoms with Gasteiger partial charge in [-0.15, -0.1) is 0 Å². The summed E-state index contributed by atoms with van der Waals surface area (Å²) in [6.07, 6.45) is 3.47. The van der Waals surface area contributed by atoms with Crippen LogP contribution in [0, 0.1) is 13.8 Å². The average molecular weight is 477 g/mol. The summed E-state index contributed by atoms with van der Waals surface area (Å²) in [5, 5.41) is 8.36. The molecule has 2 rings (SSSR count). The first-order chi connectivity index (χ1) is 16.1. The van der Waals surface area contributed by atoms with Crippen molar-refractivity contribution < 1.29 is 28.2 Å². The third kappa shape index (κ3) is 10.5. The standard InChI is InChI=1S/C21H24F2N2O3.C5H10O/c1-5-25(4)13-24-19-11-14(2)18(10-15(19)3)20(26)27-12-16-6-8-17(9-7-16)28-21(22)23;1-3-4-5(2)6/h6-11,13,21H,5,12H2,1-4H3;6H,2-4H2,1H3. The number of alkyl halides is 2. The van der Waals surface area contributed by atoms with Gasteiger partial charge in [0.05, 0.1) is 23.3 Å². The number of benzene rings is 2. The first-order valence-corrected chi connectivity index (χ1v) is 11.0. The van der Waals surface area contributed by atoms with E-state index in [2.05, 4.69) is 16.3 Å². The summed E-state index contributed by atoms with van der Waals surface area (Å²) in [7, 11) is 1.93. The first-order valence-electron chi connectivity index (χ1n) is 11.0. The Balaban J connectivity index is 0.000000852. The van der Waals surface area contributed by atoms with Crippen LogP contribution in [0.3, 0.4) is 0 Å². The first kappa shape index (κ1) is 28.6. The van der Waals surface area contributed by atoms with Crippen molar-refractivity contribution in [3.63, 3.8) is 0 Å². The summed E-state index contributed by atoms with van der Waals surface area (Å²) in [6.45, 7) is 9.06. The summed E-state index contributed by atoms with van der Waals surface area (Å²) < 4.78 is 34.0. The Labute approximate surface area is 200 Å². The number of carbonyl (C=O) groups is 1. The van der Waals surface area contributed by atoms with Crippen LogP contribution >= 0.6 is 0 Å². The molecule has 0 saturated carbocycles. The van der Waals surface area contributed by atoms with Crippen LogP contribution in [0.15, 0.2) is 53.7 Å². The largest absolute Gasteiger partial charge is 0.513 e. The predicted octanol–water partition coefficient (Wildman–Crippen LogP) is 6.73. The number of aliphatic hydroxyl groups excluding tert-OH is 1. The lowest BCUT2D eigenvalue weighted by molar-refractivity contribution is -0.0498. The van der Waals surface area contributed by atoms with Gasteiger partial charge < -0.3 is 19.5 Å². The molecule has 8 heteroatoms. The molecule has 186 valence electrons. The van der Waals surface area contributed by atoms with Gasteiger partial charge in [0.1, 0.15) is 12.4 Å². The Morgan fingerprint density at radius 2 is 1.82 bits per heavy atom. The number of halogens is 2. The number of ether oxygens (including phenoxy) is 2. The van der Waals surface area contributed by atoms with E-state index in [1.54, 1.807) is 24.5 Å². The minimum absolute atomic E-state index is 0.0352. The molecule has 2 aromatic rings. The van der Waals surface area contributed by atoms with Gasteiger partial charge in [-0.25, -0.2) is 9.79 Å². The molecule has 1 N–H and O–H groups in total. The molecule has 0 fully saturated rings. The number of nitrogens with zero attached hydrogens (tertiary/aromatic N) is 2. The number of carbonyl (C=O) groups excluding carboxylic acids is 1. The molecule has 2 aromatic carbocycles. The third-order valence-corrected chi connectivity index (χ3v) is 4.71. The molecule has 0 atom stereocenters. The maximum Gasteiger partial charge on any atom is 0.387 e. The van der Waals surface area contributed by atoms with Crippen molar-refractivity contribution in [1.29, 1.82) is 0 Å². The highest BCUT2D eigenvalue weighted by atomic mass is 19.3. The van der Waals surface area contributed by atoms with Crippen LogP contribution in [-0.4, -0.2) is 42.5 Å². The molecule has 0 aliphatic heterocycles. The predicted molar refractivity (Wildman–Crippen MR) is 131 cm³/mol. The molecule has 0 aliphatic rings. The number of allylic oxidation sites excluding steroid dienone is 1. The zero-order valence-corrected chi connectivity index (χ0v) is 20.5. The van der Waals surface area contributed by atoms with E-state index < -0.39 is 12.6 Å². The lowest BCUT2D eigenvalue weighted by atomic mass is 10.0. The fourth-order valence-corrected chi connectivity index (χ4v) is 2.68. The van der Waals surface area contributed by atoms with E-state index in [1.165, 1.54) is 12.1 Å². The molecule has 34 heavy (non-hydrogen) atoms. The molecule has 0 aliphatic carbocycles. The molecule has 0 amide bonds. The summed E-state index contributed by atoms with van der Waals surface area (Å²) in [5.41, 5.74) is 3.57. The van der Waals surface area contributed by atoms with Crippen molar-refractivity contribution in [1.82, 2.24) is 4.90 Å². The van der Waals surface area contributed by atoms with Crippen LogP contribution in [0.4, 0.5) is 14.5 Å². The Morgan fingerprint density at radius 1 is 1.18 bits per heavy atom. The second-order valence-corrected chi connectivity index (χ2v) is 7.69. The maximum absolute atomic E-state index is 12.4. The second-order valence-electron chi connectivity index (χ2n) is 7.69. The summed E-state index contributed by atoms with van der Waals surface area (Å²) >= 11 is 0. The monoisotopic (exact) mass is 476 g/mol. The SMILES string of the molecule is C=C(O)CCC.CCN(C)C=Nc1cc(C)c(C(=O)OCc2ccc(OC(F)F)cc2)cc1C. The lowest BCUT2D eigenvalue weighted by Crippen LogP contribution is -2.14. The highest BCUT2D eigenvalue weighted by Crippen LogP contribution is 2.24. The fourth-order valence-electron chi connectivity index (χ4n) is 2.68. The van der Waals surface area contributed by atoms with Crippen molar-refractivity contribution in [2.24, 2.45) is 4.99 Å². The fraction of sp³-hybridized carbons (Fsp3) is 0.385. The summed E-state index contributed by atoms with van der Waals surface area (Å²) in [6, 6.07) is 9.57. The van der Waals surface area contributed by atoms with Gasteiger partial charge in [-0.05, 0) is 68.1 Å². The molecule has 0 heterocycles. The number of aliphatic imine (C=N–C) groups is 1. The van der Waals surface area contributed by atoms with Gasteiger partial charge in [0.2, 0.25) is 0 Å². The van der Waals surface area contributed by atoms with E-state index in [0.29, 0.717) is 11.1 Å². The molecule has 0 radical (unpaired) electrons. The van der Waals surface area contributed by atoms with Crippen LogP contribution in [0.1, 0.15) is 53.7 Å². The highest BCUT2D eigenvalue weighted by Gasteiger charge is 2.13. The van der Waals surface area contributed by atoms with Crippen molar-refractivity contribution in [3.8, 4) is 5.75 Å². The molecule has 0 unspecified atom stereocenters. The van der Waals surface area contributed by atoms with E-state index in [-0.39, 0.29) is 18.1 Å². The normalized spacial score (nSPS) is 10.6. The quantitative estimate of drug-likeness (QED) is 0.178. The van der Waals surface area contributed by atoms with Crippen LogP contribution in [0.25, 0.3) is 0 Å². The van der Waals surface area contributed by atoms with E-state index >= 15 is 0 Å². The van der Waals surface area contributed by atoms with E-state index in [4.69, 9.17) is 9.84 Å². The Kier molecular flexibility index (Phi) is 12.3. The molecular weight excluding hydrogens is 442 g/mol. The molecule has 0 spiro atoms. The Hall–Kier alpha value is -3.42. The number of hydrogen-bond acceptors (Lipinski definition) is 5. The van der Waals surface area contributed by atoms with Crippen molar-refractivity contribution in [2.45, 2.75) is 53.8 Å². The number of aryl methyl sites for hydroxylation is 2. The summed E-state index contributed by atoms with van der Waals surface area (Å²) in [4.78, 5) is 18.8. The average Bonchev–Trinajstić information content (AvgIpc) is 2.78. The molecular formula is C26H34F2N2O4. The zero-order chi connectivity index (χ0) is 25.7. The number of esters is 1. The zero-order valence-electron chi connectivity index (χ0n) is 20.5. The van der Waals surface area contributed by atoms with Gasteiger partial charge in [0.15, 0.2) is 0 Å². The van der Waals surface area contributed by atoms with Crippen LogP contribution in [0.2, 0.25) is 0 Å². The molecule has 0 saturated heterocycles. The van der Waals surface area contributed by atoms with Gasteiger partial charge in [-0.3, -0.25) is 0 Å². The molecule has 6 nitrogen and oxygen atoms in total. The van der Waals surface area contributed by atoms with E-state index in [1.807, 2.05) is 45.7 Å². The van der Waals surface area contributed by atoms with Crippen molar-refractivity contribution >= 4 is 18.0 Å². The van der Waals surface area contributed by atoms with Crippen LogP contribution in [-0.2, 0) is 11.3 Å². The number of hydrogen-bond donors (Lipinski definition) is 1. The van der Waals surface area contributed by atoms with Crippen LogP contribution < -0.4 is 4.74 Å². The topological polar surface area (TPSA) is 71.4 Å². The van der Waals surface area contributed by atoms with E-state index in [0.717, 1.165) is 36.2 Å². The number of aliphatic hydroxyl groups is 1. The van der Waals surface area contributed by atoms with Gasteiger partial charge in [0.25, 0.3) is 0 Å². The van der Waals surface area contributed by atoms with Gasteiger partial charge in [-0.2, -0.15) is 8.78 Å². The van der Waals surface area contributed by atoms with E-state index in [9.17, 15) is 13.6 Å². The van der Waals surface area contributed by atoms with Crippen molar-refractivity contribution in [2.75, 3.05) is 13.6 Å². The van der Waals surface area contributed by atoms with Crippen molar-refractivity contribution in [3.05, 3.63) is 71.0 Å². The Bertz CT molecular complexity index is 960. The van der Waals surface area contributed by atoms with Gasteiger partial charge in [0, 0.05) is 20.0 Å². The van der Waals surface area contributed by atoms with Gasteiger partial charge >= 0.3 is 12.6 Å².